The number of rotatable bonds is 6. The van der Waals surface area contributed by atoms with Crippen molar-refractivity contribution in [2.45, 2.75) is 11.8 Å². The largest absolute Gasteiger partial charge is 0.508 e. The molecule has 0 saturated carbocycles. The molecule has 156 valence electrons. The van der Waals surface area contributed by atoms with Crippen LogP contribution in [0.5, 0.6) is 5.75 Å². The number of phenols is 1. The fraction of sp³-hybridized carbons (Fsp3) is 0.0435. The van der Waals surface area contributed by atoms with Gasteiger partial charge in [-0.1, -0.05) is 17.7 Å². The lowest BCUT2D eigenvalue weighted by Crippen LogP contribution is -2.12. The number of benzene rings is 3. The molecule has 7 nitrogen and oxygen atoms in total. The summed E-state index contributed by atoms with van der Waals surface area (Å²) in [5, 5.41) is 12.5. The van der Waals surface area contributed by atoms with E-state index in [1.165, 1.54) is 0 Å². The Bertz CT molecular complexity index is 1270. The van der Waals surface area contributed by atoms with E-state index < -0.39 is 10.0 Å². The lowest BCUT2D eigenvalue weighted by atomic mass is 10.1. The highest BCUT2D eigenvalue weighted by Crippen LogP contribution is 2.23. The minimum absolute atomic E-state index is 0.194. The van der Waals surface area contributed by atoms with Gasteiger partial charge in [-0.3, -0.25) is 9.71 Å². The van der Waals surface area contributed by atoms with Gasteiger partial charge in [-0.25, -0.2) is 13.4 Å². The molecule has 0 spiro atoms. The van der Waals surface area contributed by atoms with E-state index in [0.29, 0.717) is 17.2 Å². The standard InChI is InChI=1S/C23H20N4O3S/c1-16-2-12-21(13-3-16)31(29,30)27-19-8-6-18(7-9-19)26-23-15-24-22(14-25-23)17-4-10-20(28)11-5-17/h2-15,27-28H,1H3,(H,25,26). The fourth-order valence-electron chi connectivity index (χ4n) is 2.87. The van der Waals surface area contributed by atoms with E-state index in [0.717, 1.165) is 16.8 Å². The van der Waals surface area contributed by atoms with Crippen LogP contribution in [0, 0.1) is 6.92 Å². The minimum atomic E-state index is -3.64. The Labute approximate surface area is 180 Å². The number of aryl methyl sites for hydroxylation is 1. The second-order valence-corrected chi connectivity index (χ2v) is 8.64. The van der Waals surface area contributed by atoms with Crippen LogP contribution in [0.4, 0.5) is 17.2 Å². The van der Waals surface area contributed by atoms with Gasteiger partial charge < -0.3 is 10.4 Å². The van der Waals surface area contributed by atoms with Crippen molar-refractivity contribution in [2.24, 2.45) is 0 Å². The van der Waals surface area contributed by atoms with Crippen molar-refractivity contribution in [3.05, 3.63) is 90.8 Å². The first-order valence-corrected chi connectivity index (χ1v) is 11.0. The topological polar surface area (TPSA) is 104 Å². The van der Waals surface area contributed by atoms with E-state index in [1.807, 2.05) is 6.92 Å². The molecule has 0 saturated heterocycles. The minimum Gasteiger partial charge on any atom is -0.508 e. The number of aromatic hydroxyl groups is 1. The van der Waals surface area contributed by atoms with Gasteiger partial charge in [0.15, 0.2) is 0 Å². The summed E-state index contributed by atoms with van der Waals surface area (Å²) in [6.45, 7) is 1.90. The zero-order valence-corrected chi connectivity index (χ0v) is 17.5. The van der Waals surface area contributed by atoms with Gasteiger partial charge in [0.05, 0.1) is 23.0 Å². The molecule has 3 N–H and O–H groups in total. The van der Waals surface area contributed by atoms with Gasteiger partial charge in [-0.15, -0.1) is 0 Å². The van der Waals surface area contributed by atoms with Crippen LogP contribution in [-0.4, -0.2) is 23.5 Å². The van der Waals surface area contributed by atoms with Crippen molar-refractivity contribution in [2.75, 3.05) is 10.0 Å². The van der Waals surface area contributed by atoms with Crippen LogP contribution in [0.1, 0.15) is 5.56 Å². The molecule has 0 aliphatic rings. The highest BCUT2D eigenvalue weighted by Gasteiger charge is 2.13. The van der Waals surface area contributed by atoms with Crippen LogP contribution in [0.25, 0.3) is 11.3 Å². The summed E-state index contributed by atoms with van der Waals surface area (Å²) >= 11 is 0. The van der Waals surface area contributed by atoms with E-state index in [-0.39, 0.29) is 10.6 Å². The predicted octanol–water partition coefficient (Wildman–Crippen LogP) is 4.70. The maximum Gasteiger partial charge on any atom is 0.261 e. The number of aromatic nitrogens is 2. The molecule has 4 aromatic rings. The second-order valence-electron chi connectivity index (χ2n) is 6.95. The smallest absolute Gasteiger partial charge is 0.261 e. The van der Waals surface area contributed by atoms with E-state index in [9.17, 15) is 13.5 Å². The number of phenolic OH excluding ortho intramolecular Hbond substituents is 1. The van der Waals surface area contributed by atoms with E-state index in [2.05, 4.69) is 20.0 Å². The molecule has 31 heavy (non-hydrogen) atoms. The molecule has 0 fully saturated rings. The number of anilines is 3. The lowest BCUT2D eigenvalue weighted by molar-refractivity contribution is 0.475. The van der Waals surface area contributed by atoms with Gasteiger partial charge in [0.25, 0.3) is 10.0 Å². The number of nitrogens with zero attached hydrogens (tertiary/aromatic N) is 2. The van der Waals surface area contributed by atoms with Crippen molar-refractivity contribution in [1.29, 1.82) is 0 Å². The molecule has 0 aliphatic carbocycles. The maximum atomic E-state index is 12.5. The Hall–Kier alpha value is -3.91. The predicted molar refractivity (Wildman–Crippen MR) is 121 cm³/mol. The molecule has 0 amide bonds. The quantitative estimate of drug-likeness (QED) is 0.408. The summed E-state index contributed by atoms with van der Waals surface area (Å²) in [6.07, 6.45) is 3.25. The molecular formula is C23H20N4O3S. The van der Waals surface area contributed by atoms with Crippen LogP contribution in [-0.2, 0) is 10.0 Å². The third-order valence-electron chi connectivity index (χ3n) is 4.56. The molecule has 0 radical (unpaired) electrons. The molecule has 1 aromatic heterocycles. The SMILES string of the molecule is Cc1ccc(S(=O)(=O)Nc2ccc(Nc3cnc(-c4ccc(O)cc4)cn3)cc2)cc1. The van der Waals surface area contributed by atoms with Crippen molar-refractivity contribution in [1.82, 2.24) is 9.97 Å². The molecule has 0 bridgehead atoms. The highest BCUT2D eigenvalue weighted by molar-refractivity contribution is 7.92. The lowest BCUT2D eigenvalue weighted by Gasteiger charge is -2.10. The Balaban J connectivity index is 1.42. The Morgan fingerprint density at radius 2 is 1.42 bits per heavy atom. The van der Waals surface area contributed by atoms with Crippen LogP contribution in [0.15, 0.2) is 90.1 Å². The molecule has 3 aromatic carbocycles. The first kappa shape index (κ1) is 20.4. The van der Waals surface area contributed by atoms with E-state index in [4.69, 9.17) is 0 Å². The third kappa shape index (κ3) is 4.99. The zero-order chi connectivity index (χ0) is 21.8. The van der Waals surface area contributed by atoms with Gasteiger partial charge in [0.2, 0.25) is 0 Å². The molecule has 4 rings (SSSR count). The summed E-state index contributed by atoms with van der Waals surface area (Å²) in [4.78, 5) is 8.95. The number of sulfonamides is 1. The first-order valence-electron chi connectivity index (χ1n) is 9.47. The number of hydrogen-bond acceptors (Lipinski definition) is 6. The van der Waals surface area contributed by atoms with Gasteiger partial charge in [-0.2, -0.15) is 0 Å². The van der Waals surface area contributed by atoms with Crippen LogP contribution in [0.3, 0.4) is 0 Å². The normalized spacial score (nSPS) is 11.1. The van der Waals surface area contributed by atoms with Crippen molar-refractivity contribution < 1.29 is 13.5 Å². The summed E-state index contributed by atoms with van der Waals surface area (Å²) < 4.78 is 27.6. The summed E-state index contributed by atoms with van der Waals surface area (Å²) in [7, 11) is -3.64. The molecule has 8 heteroatoms. The molecule has 0 atom stereocenters. The summed E-state index contributed by atoms with van der Waals surface area (Å²) in [5.41, 5.74) is 3.73. The molecule has 0 unspecified atom stereocenters. The van der Waals surface area contributed by atoms with Gasteiger partial charge in [0, 0.05) is 16.9 Å². The van der Waals surface area contributed by atoms with E-state index in [1.54, 1.807) is 85.2 Å². The summed E-state index contributed by atoms with van der Waals surface area (Å²) in [6, 6.07) is 20.2. The third-order valence-corrected chi connectivity index (χ3v) is 5.95. The second kappa shape index (κ2) is 8.45. The zero-order valence-electron chi connectivity index (χ0n) is 16.6. The monoisotopic (exact) mass is 432 g/mol. The molecule has 1 heterocycles. The Morgan fingerprint density at radius 1 is 0.774 bits per heavy atom. The first-order chi connectivity index (χ1) is 14.9. The van der Waals surface area contributed by atoms with Crippen LogP contribution < -0.4 is 10.0 Å². The summed E-state index contributed by atoms with van der Waals surface area (Å²) in [5.74, 6) is 0.745. The van der Waals surface area contributed by atoms with Gasteiger partial charge >= 0.3 is 0 Å². The van der Waals surface area contributed by atoms with Crippen molar-refractivity contribution in [3.8, 4) is 17.0 Å². The number of hydrogen-bond donors (Lipinski definition) is 3. The van der Waals surface area contributed by atoms with E-state index >= 15 is 0 Å². The van der Waals surface area contributed by atoms with Crippen LogP contribution >= 0.6 is 0 Å². The van der Waals surface area contributed by atoms with Crippen molar-refractivity contribution >= 4 is 27.2 Å². The van der Waals surface area contributed by atoms with Gasteiger partial charge in [0.1, 0.15) is 11.6 Å². The average Bonchev–Trinajstić information content (AvgIpc) is 2.76. The molecular weight excluding hydrogens is 412 g/mol. The maximum absolute atomic E-state index is 12.5. The van der Waals surface area contributed by atoms with Crippen LogP contribution in [0.2, 0.25) is 0 Å². The Morgan fingerprint density at radius 3 is 2.03 bits per heavy atom. The highest BCUT2D eigenvalue weighted by atomic mass is 32.2. The van der Waals surface area contributed by atoms with Gasteiger partial charge in [-0.05, 0) is 67.6 Å². The fourth-order valence-corrected chi connectivity index (χ4v) is 3.93. The average molecular weight is 433 g/mol. The number of nitrogens with one attached hydrogen (secondary N) is 2. The Kier molecular flexibility index (Phi) is 5.55. The van der Waals surface area contributed by atoms with Crippen molar-refractivity contribution in [3.63, 3.8) is 0 Å². The molecule has 0 aliphatic heterocycles.